The van der Waals surface area contributed by atoms with E-state index in [-0.39, 0.29) is 24.8 Å². The lowest BCUT2D eigenvalue weighted by molar-refractivity contribution is 0.0819. The zero-order valence-corrected chi connectivity index (χ0v) is 15.2. The molecule has 126 valence electrons. The molecule has 1 aliphatic heterocycles. The largest absolute Gasteiger partial charge is 0.507 e. The van der Waals surface area contributed by atoms with Crippen molar-refractivity contribution < 1.29 is 5.11 Å². The lowest BCUT2D eigenvalue weighted by atomic mass is 9.76. The highest BCUT2D eigenvalue weighted by atomic mass is 35.5. The maximum absolute atomic E-state index is 10.5. The Kier molecular flexibility index (Phi) is 7.76. The summed E-state index contributed by atoms with van der Waals surface area (Å²) >= 11 is 6.23. The van der Waals surface area contributed by atoms with Crippen molar-refractivity contribution in [3.8, 4) is 5.75 Å². The monoisotopic (exact) mass is 366 g/mol. The number of phenols is 1. The second-order valence-corrected chi connectivity index (χ2v) is 6.52. The van der Waals surface area contributed by atoms with Crippen molar-refractivity contribution in [1.29, 1.82) is 0 Å². The van der Waals surface area contributed by atoms with E-state index in [1.165, 1.54) is 19.3 Å². The van der Waals surface area contributed by atoms with Gasteiger partial charge in [-0.05, 0) is 43.4 Å². The number of halogens is 3. The minimum Gasteiger partial charge on any atom is -0.507 e. The highest BCUT2D eigenvalue weighted by Gasteiger charge is 2.35. The van der Waals surface area contributed by atoms with Gasteiger partial charge in [0.15, 0.2) is 0 Å². The zero-order valence-electron chi connectivity index (χ0n) is 12.8. The van der Waals surface area contributed by atoms with Crippen molar-refractivity contribution in [3.63, 3.8) is 0 Å². The number of aromatic hydroxyl groups is 1. The summed E-state index contributed by atoms with van der Waals surface area (Å²) in [5, 5.41) is 14.6. The van der Waals surface area contributed by atoms with E-state index < -0.39 is 0 Å². The van der Waals surface area contributed by atoms with Gasteiger partial charge in [-0.2, -0.15) is 0 Å². The summed E-state index contributed by atoms with van der Waals surface area (Å²) in [6.07, 6.45) is 3.84. The maximum atomic E-state index is 10.5. The molecule has 1 atom stereocenters. The summed E-state index contributed by atoms with van der Waals surface area (Å²) in [5.41, 5.74) is 1.91. The Morgan fingerprint density at radius 3 is 2.41 bits per heavy atom. The molecule has 1 saturated carbocycles. The van der Waals surface area contributed by atoms with E-state index >= 15 is 0 Å². The molecule has 2 fully saturated rings. The van der Waals surface area contributed by atoms with E-state index in [2.05, 4.69) is 10.2 Å². The molecule has 0 amide bonds. The number of piperazine rings is 1. The Balaban J connectivity index is 0.00000121. The quantitative estimate of drug-likeness (QED) is 0.849. The summed E-state index contributed by atoms with van der Waals surface area (Å²) in [6, 6.07) is 4.13. The first-order valence-electron chi connectivity index (χ1n) is 7.60. The Labute approximate surface area is 150 Å². The van der Waals surface area contributed by atoms with Gasteiger partial charge in [0.2, 0.25) is 0 Å². The molecule has 22 heavy (non-hydrogen) atoms. The van der Waals surface area contributed by atoms with Crippen LogP contribution in [0.25, 0.3) is 0 Å². The van der Waals surface area contributed by atoms with Crippen LogP contribution in [0, 0.1) is 12.8 Å². The van der Waals surface area contributed by atoms with Gasteiger partial charge in [0, 0.05) is 42.8 Å². The average Bonchev–Trinajstić information content (AvgIpc) is 2.39. The van der Waals surface area contributed by atoms with Crippen LogP contribution in [-0.2, 0) is 0 Å². The number of rotatable bonds is 3. The normalized spacial score (nSPS) is 20.5. The molecule has 1 aromatic rings. The van der Waals surface area contributed by atoms with Crippen molar-refractivity contribution in [3.05, 3.63) is 28.3 Å². The molecule has 0 radical (unpaired) electrons. The van der Waals surface area contributed by atoms with E-state index in [9.17, 15) is 5.11 Å². The second kappa shape index (κ2) is 8.60. The van der Waals surface area contributed by atoms with Crippen LogP contribution in [0.5, 0.6) is 5.75 Å². The second-order valence-electron chi connectivity index (χ2n) is 6.08. The van der Waals surface area contributed by atoms with Crippen LogP contribution in [0.1, 0.15) is 36.4 Å². The summed E-state index contributed by atoms with van der Waals surface area (Å²) in [6.45, 7) is 6.09. The van der Waals surface area contributed by atoms with E-state index in [1.54, 1.807) is 0 Å². The Morgan fingerprint density at radius 2 is 1.86 bits per heavy atom. The molecule has 1 saturated heterocycles. The molecule has 6 heteroatoms. The molecule has 1 heterocycles. The van der Waals surface area contributed by atoms with Gasteiger partial charge < -0.3 is 10.4 Å². The SMILES string of the molecule is Cc1cc(Cl)cc([C@H](C2CCC2)N2CCNCC2)c1O.Cl.Cl. The molecule has 1 aromatic carbocycles. The van der Waals surface area contributed by atoms with Crippen molar-refractivity contribution in [2.75, 3.05) is 26.2 Å². The van der Waals surface area contributed by atoms with Crippen molar-refractivity contribution >= 4 is 36.4 Å². The molecular weight excluding hydrogens is 343 g/mol. The smallest absolute Gasteiger partial charge is 0.123 e. The van der Waals surface area contributed by atoms with E-state index in [4.69, 9.17) is 11.6 Å². The molecule has 3 nitrogen and oxygen atoms in total. The molecule has 2 aliphatic rings. The van der Waals surface area contributed by atoms with E-state index in [1.807, 2.05) is 19.1 Å². The standard InChI is InChI=1S/C16H23ClN2O.2ClH/c1-11-9-13(17)10-14(16(11)20)15(12-3-2-4-12)19-7-5-18-6-8-19;;/h9-10,12,15,18,20H,2-8H2,1H3;2*1H/t15-;;/m0../s1. The number of nitrogens with one attached hydrogen (secondary N) is 1. The van der Waals surface area contributed by atoms with Gasteiger partial charge in [-0.15, -0.1) is 24.8 Å². The highest BCUT2D eigenvalue weighted by Crippen LogP contribution is 2.45. The van der Waals surface area contributed by atoms with Crippen molar-refractivity contribution in [2.24, 2.45) is 5.92 Å². The summed E-state index contributed by atoms with van der Waals surface area (Å²) in [7, 11) is 0. The third kappa shape index (κ3) is 4.01. The van der Waals surface area contributed by atoms with Crippen LogP contribution in [-0.4, -0.2) is 36.2 Å². The van der Waals surface area contributed by atoms with Crippen molar-refractivity contribution in [2.45, 2.75) is 32.2 Å². The zero-order chi connectivity index (χ0) is 14.1. The first kappa shape index (κ1) is 19.9. The van der Waals surface area contributed by atoms with E-state index in [0.29, 0.717) is 17.7 Å². The number of phenolic OH excluding ortho intramolecular Hbond substituents is 1. The Hall–Kier alpha value is -0.190. The number of benzene rings is 1. The molecule has 0 spiro atoms. The maximum Gasteiger partial charge on any atom is 0.123 e. The Morgan fingerprint density at radius 1 is 1.23 bits per heavy atom. The van der Waals surface area contributed by atoms with Gasteiger partial charge in [-0.3, -0.25) is 4.90 Å². The average molecular weight is 368 g/mol. The first-order valence-corrected chi connectivity index (χ1v) is 7.98. The predicted molar refractivity (Wildman–Crippen MR) is 96.9 cm³/mol. The molecule has 0 bridgehead atoms. The molecule has 0 unspecified atom stereocenters. The van der Waals surface area contributed by atoms with Crippen LogP contribution in [0.2, 0.25) is 5.02 Å². The fourth-order valence-corrected chi connectivity index (χ4v) is 3.73. The molecule has 1 aliphatic carbocycles. The number of aryl methyl sites for hydroxylation is 1. The lowest BCUT2D eigenvalue weighted by Crippen LogP contribution is -2.47. The minimum absolute atomic E-state index is 0. The molecule has 3 rings (SSSR count). The van der Waals surface area contributed by atoms with Crippen LogP contribution in [0.4, 0.5) is 0 Å². The summed E-state index contributed by atoms with van der Waals surface area (Å²) in [4.78, 5) is 2.52. The number of hydrogen-bond donors (Lipinski definition) is 2. The van der Waals surface area contributed by atoms with Gasteiger partial charge >= 0.3 is 0 Å². The van der Waals surface area contributed by atoms with Gasteiger partial charge in [0.25, 0.3) is 0 Å². The van der Waals surface area contributed by atoms with E-state index in [0.717, 1.165) is 42.3 Å². The van der Waals surface area contributed by atoms with Crippen molar-refractivity contribution in [1.82, 2.24) is 10.2 Å². The number of nitrogens with zero attached hydrogens (tertiary/aromatic N) is 1. The van der Waals surface area contributed by atoms with Crippen LogP contribution >= 0.6 is 36.4 Å². The van der Waals surface area contributed by atoms with Crippen LogP contribution < -0.4 is 5.32 Å². The minimum atomic E-state index is 0. The lowest BCUT2D eigenvalue weighted by Gasteiger charge is -2.43. The fourth-order valence-electron chi connectivity index (χ4n) is 3.45. The van der Waals surface area contributed by atoms with Gasteiger partial charge in [-0.1, -0.05) is 18.0 Å². The molecular formula is C16H25Cl3N2O. The third-order valence-electron chi connectivity index (χ3n) is 4.75. The Bertz CT molecular complexity index is 489. The highest BCUT2D eigenvalue weighted by molar-refractivity contribution is 6.30. The summed E-state index contributed by atoms with van der Waals surface area (Å²) < 4.78 is 0. The van der Waals surface area contributed by atoms with Gasteiger partial charge in [0.1, 0.15) is 5.75 Å². The van der Waals surface area contributed by atoms with Gasteiger partial charge in [-0.25, -0.2) is 0 Å². The first-order chi connectivity index (χ1) is 9.66. The third-order valence-corrected chi connectivity index (χ3v) is 4.97. The fraction of sp³-hybridized carbons (Fsp3) is 0.625. The van der Waals surface area contributed by atoms with Crippen LogP contribution in [0.15, 0.2) is 12.1 Å². The number of hydrogen-bond acceptors (Lipinski definition) is 3. The predicted octanol–water partition coefficient (Wildman–Crippen LogP) is 3.94. The van der Waals surface area contributed by atoms with Crippen LogP contribution in [0.3, 0.4) is 0 Å². The molecule has 2 N–H and O–H groups in total. The molecule has 0 aromatic heterocycles. The van der Waals surface area contributed by atoms with Gasteiger partial charge in [0.05, 0.1) is 0 Å². The topological polar surface area (TPSA) is 35.5 Å². The summed E-state index contributed by atoms with van der Waals surface area (Å²) in [5.74, 6) is 1.10.